The quantitative estimate of drug-likeness (QED) is 0.698. The SMILES string of the molecule is CCC(N)(CO)CCCN(C)C1CCCC1. The molecule has 96 valence electrons. The summed E-state index contributed by atoms with van der Waals surface area (Å²) in [5.41, 5.74) is 5.72. The molecule has 0 spiro atoms. The molecule has 1 fully saturated rings. The molecule has 0 saturated heterocycles. The fourth-order valence-electron chi connectivity index (χ4n) is 2.58. The summed E-state index contributed by atoms with van der Waals surface area (Å²) < 4.78 is 0. The van der Waals surface area contributed by atoms with E-state index >= 15 is 0 Å². The maximum Gasteiger partial charge on any atom is 0.0611 e. The molecule has 1 atom stereocenters. The van der Waals surface area contributed by atoms with Crippen molar-refractivity contribution in [3.05, 3.63) is 0 Å². The van der Waals surface area contributed by atoms with Crippen LogP contribution in [-0.2, 0) is 0 Å². The van der Waals surface area contributed by atoms with E-state index in [0.717, 1.165) is 31.8 Å². The van der Waals surface area contributed by atoms with Gasteiger partial charge in [-0.25, -0.2) is 0 Å². The summed E-state index contributed by atoms with van der Waals surface area (Å²) in [5, 5.41) is 9.22. The Morgan fingerprint density at radius 1 is 1.38 bits per heavy atom. The second-order valence-electron chi connectivity index (χ2n) is 5.40. The van der Waals surface area contributed by atoms with Gasteiger partial charge in [0, 0.05) is 11.6 Å². The van der Waals surface area contributed by atoms with Gasteiger partial charge in [0.25, 0.3) is 0 Å². The number of nitrogens with zero attached hydrogens (tertiary/aromatic N) is 1. The van der Waals surface area contributed by atoms with E-state index in [1.165, 1.54) is 25.7 Å². The van der Waals surface area contributed by atoms with Crippen molar-refractivity contribution >= 4 is 0 Å². The van der Waals surface area contributed by atoms with Gasteiger partial charge in [-0.2, -0.15) is 0 Å². The van der Waals surface area contributed by atoms with E-state index in [0.29, 0.717) is 0 Å². The largest absolute Gasteiger partial charge is 0.394 e. The fourth-order valence-corrected chi connectivity index (χ4v) is 2.58. The Kier molecular flexibility index (Phi) is 5.73. The molecule has 16 heavy (non-hydrogen) atoms. The van der Waals surface area contributed by atoms with Crippen LogP contribution in [0, 0.1) is 0 Å². The predicted octanol–water partition coefficient (Wildman–Crippen LogP) is 1.74. The van der Waals surface area contributed by atoms with E-state index < -0.39 is 0 Å². The molecule has 0 bridgehead atoms. The van der Waals surface area contributed by atoms with Gasteiger partial charge in [0.05, 0.1) is 6.61 Å². The van der Waals surface area contributed by atoms with Crippen molar-refractivity contribution < 1.29 is 5.11 Å². The van der Waals surface area contributed by atoms with Gasteiger partial charge in [0.2, 0.25) is 0 Å². The van der Waals surface area contributed by atoms with Crippen molar-refractivity contribution in [3.63, 3.8) is 0 Å². The standard InChI is InChI=1S/C13H28N2O/c1-3-13(14,11-16)9-6-10-15(2)12-7-4-5-8-12/h12,16H,3-11,14H2,1-2H3. The first-order valence-corrected chi connectivity index (χ1v) is 6.71. The summed E-state index contributed by atoms with van der Waals surface area (Å²) in [4.78, 5) is 2.47. The summed E-state index contributed by atoms with van der Waals surface area (Å²) in [6, 6.07) is 0.794. The number of aliphatic hydroxyl groups is 1. The van der Waals surface area contributed by atoms with Gasteiger partial charge < -0.3 is 15.7 Å². The lowest BCUT2D eigenvalue weighted by Crippen LogP contribution is -2.43. The highest BCUT2D eigenvalue weighted by atomic mass is 16.3. The maximum absolute atomic E-state index is 9.22. The Morgan fingerprint density at radius 3 is 2.50 bits per heavy atom. The van der Waals surface area contributed by atoms with E-state index in [4.69, 9.17) is 5.73 Å². The zero-order valence-electron chi connectivity index (χ0n) is 10.9. The molecule has 3 nitrogen and oxygen atoms in total. The van der Waals surface area contributed by atoms with Gasteiger partial charge in [0.15, 0.2) is 0 Å². The van der Waals surface area contributed by atoms with Crippen molar-refractivity contribution in [2.45, 2.75) is 63.5 Å². The highest BCUT2D eigenvalue weighted by molar-refractivity contribution is 4.82. The van der Waals surface area contributed by atoms with Crippen molar-refractivity contribution in [2.75, 3.05) is 20.2 Å². The highest BCUT2D eigenvalue weighted by Gasteiger charge is 2.23. The third kappa shape index (κ3) is 4.04. The van der Waals surface area contributed by atoms with Crippen LogP contribution in [0.1, 0.15) is 51.9 Å². The Bertz CT molecular complexity index is 186. The van der Waals surface area contributed by atoms with E-state index in [-0.39, 0.29) is 12.1 Å². The molecule has 1 aliphatic carbocycles. The van der Waals surface area contributed by atoms with Crippen LogP contribution in [0.4, 0.5) is 0 Å². The lowest BCUT2D eigenvalue weighted by atomic mass is 9.92. The summed E-state index contributed by atoms with van der Waals surface area (Å²) in [7, 11) is 2.22. The fraction of sp³-hybridized carbons (Fsp3) is 1.00. The monoisotopic (exact) mass is 228 g/mol. The third-order valence-electron chi connectivity index (χ3n) is 4.15. The average Bonchev–Trinajstić information content (AvgIpc) is 2.82. The molecule has 1 aliphatic rings. The van der Waals surface area contributed by atoms with Crippen LogP contribution in [0.5, 0.6) is 0 Å². The molecule has 3 heteroatoms. The molecule has 0 aromatic heterocycles. The van der Waals surface area contributed by atoms with Crippen molar-refractivity contribution in [2.24, 2.45) is 5.73 Å². The minimum atomic E-state index is -0.351. The molecule has 0 aromatic carbocycles. The summed E-state index contributed by atoms with van der Waals surface area (Å²) in [5.74, 6) is 0. The van der Waals surface area contributed by atoms with Crippen LogP contribution in [0.3, 0.4) is 0 Å². The molecule has 3 N–H and O–H groups in total. The van der Waals surface area contributed by atoms with Crippen LogP contribution < -0.4 is 5.73 Å². The lowest BCUT2D eigenvalue weighted by molar-refractivity contribution is 0.168. The van der Waals surface area contributed by atoms with Crippen LogP contribution in [-0.4, -0.2) is 41.8 Å². The first-order chi connectivity index (χ1) is 7.61. The van der Waals surface area contributed by atoms with Gasteiger partial charge >= 0.3 is 0 Å². The van der Waals surface area contributed by atoms with Crippen LogP contribution >= 0.6 is 0 Å². The maximum atomic E-state index is 9.22. The minimum absolute atomic E-state index is 0.108. The zero-order valence-corrected chi connectivity index (χ0v) is 10.9. The Labute approximate surface area is 100 Å². The molecule has 1 rings (SSSR count). The number of rotatable bonds is 7. The van der Waals surface area contributed by atoms with Crippen LogP contribution in [0.25, 0.3) is 0 Å². The summed E-state index contributed by atoms with van der Waals surface area (Å²) in [6.45, 7) is 3.27. The molecule has 0 aliphatic heterocycles. The topological polar surface area (TPSA) is 49.5 Å². The third-order valence-corrected chi connectivity index (χ3v) is 4.15. The molecular formula is C13H28N2O. The van der Waals surface area contributed by atoms with E-state index in [9.17, 15) is 5.11 Å². The minimum Gasteiger partial charge on any atom is -0.394 e. The van der Waals surface area contributed by atoms with E-state index in [1.807, 2.05) is 0 Å². The van der Waals surface area contributed by atoms with Crippen molar-refractivity contribution in [1.82, 2.24) is 4.90 Å². The predicted molar refractivity (Wildman–Crippen MR) is 68.4 cm³/mol. The van der Waals surface area contributed by atoms with Crippen molar-refractivity contribution in [1.29, 1.82) is 0 Å². The van der Waals surface area contributed by atoms with Gasteiger partial charge in [-0.1, -0.05) is 19.8 Å². The Morgan fingerprint density at radius 2 is 2.00 bits per heavy atom. The normalized spacial score (nSPS) is 21.6. The van der Waals surface area contributed by atoms with E-state index in [2.05, 4.69) is 18.9 Å². The number of nitrogens with two attached hydrogens (primary N) is 1. The zero-order chi connectivity index (χ0) is 12.0. The molecule has 0 aromatic rings. The number of hydrogen-bond acceptors (Lipinski definition) is 3. The molecular weight excluding hydrogens is 200 g/mol. The molecule has 1 unspecified atom stereocenters. The average molecular weight is 228 g/mol. The Hall–Kier alpha value is -0.120. The molecule has 0 radical (unpaired) electrons. The van der Waals surface area contributed by atoms with Gasteiger partial charge in [-0.3, -0.25) is 0 Å². The Balaban J connectivity index is 2.18. The molecule has 1 saturated carbocycles. The second kappa shape index (κ2) is 6.58. The smallest absolute Gasteiger partial charge is 0.0611 e. The first kappa shape index (κ1) is 13.9. The van der Waals surface area contributed by atoms with Crippen LogP contribution in [0.15, 0.2) is 0 Å². The first-order valence-electron chi connectivity index (χ1n) is 6.71. The van der Waals surface area contributed by atoms with Crippen molar-refractivity contribution in [3.8, 4) is 0 Å². The molecule has 0 heterocycles. The van der Waals surface area contributed by atoms with Gasteiger partial charge in [-0.15, -0.1) is 0 Å². The van der Waals surface area contributed by atoms with E-state index in [1.54, 1.807) is 0 Å². The summed E-state index contributed by atoms with van der Waals surface area (Å²) in [6.07, 6.45) is 8.38. The number of aliphatic hydroxyl groups excluding tert-OH is 1. The second-order valence-corrected chi connectivity index (χ2v) is 5.40. The molecule has 0 amide bonds. The van der Waals surface area contributed by atoms with Gasteiger partial charge in [0.1, 0.15) is 0 Å². The van der Waals surface area contributed by atoms with Gasteiger partial charge in [-0.05, 0) is 45.7 Å². The highest BCUT2D eigenvalue weighted by Crippen LogP contribution is 2.23. The number of hydrogen-bond donors (Lipinski definition) is 2. The lowest BCUT2D eigenvalue weighted by Gasteiger charge is -2.28. The summed E-state index contributed by atoms with van der Waals surface area (Å²) >= 11 is 0. The van der Waals surface area contributed by atoms with Crippen LogP contribution in [0.2, 0.25) is 0 Å².